The minimum absolute atomic E-state index is 0.0375. The summed E-state index contributed by atoms with van der Waals surface area (Å²) in [4.78, 5) is 13.4. The van der Waals surface area contributed by atoms with Gasteiger partial charge >= 0.3 is 0 Å². The predicted molar refractivity (Wildman–Crippen MR) is 61.1 cm³/mol. The van der Waals surface area contributed by atoms with Crippen LogP contribution in [0.5, 0.6) is 0 Å². The van der Waals surface area contributed by atoms with E-state index in [2.05, 4.69) is 23.6 Å². The molecule has 0 aliphatic carbocycles. The van der Waals surface area contributed by atoms with Crippen molar-refractivity contribution in [3.63, 3.8) is 0 Å². The Morgan fingerprint density at radius 3 is 2.93 bits per heavy atom. The fraction of sp³-hybridized carbons (Fsp3) is 0.545. The van der Waals surface area contributed by atoms with Crippen molar-refractivity contribution in [1.29, 1.82) is 0 Å². The largest absolute Gasteiger partial charge is 0.387 e. The van der Waals surface area contributed by atoms with E-state index in [0.29, 0.717) is 12.6 Å². The van der Waals surface area contributed by atoms with Crippen LogP contribution in [0.1, 0.15) is 13.3 Å². The molecule has 0 aromatic carbocycles. The van der Waals surface area contributed by atoms with Crippen LogP contribution in [0.4, 0.5) is 0 Å². The van der Waals surface area contributed by atoms with E-state index in [1.54, 1.807) is 7.05 Å². The lowest BCUT2D eigenvalue weighted by atomic mass is 10.2. The summed E-state index contributed by atoms with van der Waals surface area (Å²) in [6.45, 7) is 2.52. The molecule has 1 aliphatic rings. The summed E-state index contributed by atoms with van der Waals surface area (Å²) in [5.74, 6) is 0.0375. The quantitative estimate of drug-likeness (QED) is 0.709. The van der Waals surface area contributed by atoms with E-state index < -0.39 is 0 Å². The van der Waals surface area contributed by atoms with Crippen molar-refractivity contribution < 1.29 is 4.79 Å². The van der Waals surface area contributed by atoms with Crippen LogP contribution < -0.4 is 10.6 Å². The molecule has 1 heterocycles. The van der Waals surface area contributed by atoms with E-state index in [1.165, 1.54) is 0 Å². The van der Waals surface area contributed by atoms with Gasteiger partial charge in [0, 0.05) is 32.0 Å². The fourth-order valence-electron chi connectivity index (χ4n) is 1.47. The zero-order chi connectivity index (χ0) is 11.3. The SMILES string of the molecule is CNC(=O)CN1C=C(NC)C=CCC1C. The molecule has 0 bridgehead atoms. The first-order chi connectivity index (χ1) is 7.17. The van der Waals surface area contributed by atoms with Gasteiger partial charge in [-0.1, -0.05) is 6.08 Å². The van der Waals surface area contributed by atoms with Crippen LogP contribution in [0.15, 0.2) is 24.0 Å². The van der Waals surface area contributed by atoms with Crippen molar-refractivity contribution in [3.8, 4) is 0 Å². The zero-order valence-electron chi connectivity index (χ0n) is 9.58. The summed E-state index contributed by atoms with van der Waals surface area (Å²) < 4.78 is 0. The summed E-state index contributed by atoms with van der Waals surface area (Å²) in [5.41, 5.74) is 1.03. The number of allylic oxidation sites excluding steroid dienone is 1. The number of rotatable bonds is 3. The van der Waals surface area contributed by atoms with Crippen molar-refractivity contribution in [3.05, 3.63) is 24.0 Å². The predicted octanol–water partition coefficient (Wildman–Crippen LogP) is 0.444. The first-order valence-electron chi connectivity index (χ1n) is 5.19. The number of nitrogens with zero attached hydrogens (tertiary/aromatic N) is 1. The number of nitrogens with one attached hydrogen (secondary N) is 2. The molecule has 1 amide bonds. The van der Waals surface area contributed by atoms with Crippen molar-refractivity contribution >= 4 is 5.91 Å². The molecule has 1 unspecified atom stereocenters. The third kappa shape index (κ3) is 3.31. The van der Waals surface area contributed by atoms with Gasteiger partial charge in [-0.15, -0.1) is 0 Å². The highest BCUT2D eigenvalue weighted by atomic mass is 16.1. The van der Waals surface area contributed by atoms with Crippen molar-refractivity contribution in [1.82, 2.24) is 15.5 Å². The van der Waals surface area contributed by atoms with Gasteiger partial charge in [0.15, 0.2) is 0 Å². The molecule has 0 fully saturated rings. The topological polar surface area (TPSA) is 44.4 Å². The Balaban J connectivity index is 2.71. The van der Waals surface area contributed by atoms with E-state index in [0.717, 1.165) is 12.1 Å². The summed E-state index contributed by atoms with van der Waals surface area (Å²) in [5, 5.41) is 5.72. The molecule has 0 aromatic heterocycles. The Hall–Kier alpha value is -1.45. The normalized spacial score (nSPS) is 20.6. The van der Waals surface area contributed by atoms with Gasteiger partial charge in [-0.05, 0) is 19.4 Å². The van der Waals surface area contributed by atoms with Crippen LogP contribution in [0.2, 0.25) is 0 Å². The molecule has 0 aromatic rings. The fourth-order valence-corrected chi connectivity index (χ4v) is 1.47. The third-order valence-corrected chi connectivity index (χ3v) is 2.54. The average molecular weight is 209 g/mol. The maximum Gasteiger partial charge on any atom is 0.239 e. The van der Waals surface area contributed by atoms with Gasteiger partial charge in [-0.3, -0.25) is 4.79 Å². The Morgan fingerprint density at radius 1 is 1.60 bits per heavy atom. The van der Waals surface area contributed by atoms with Gasteiger partial charge in [0.2, 0.25) is 5.91 Å². The molecule has 0 saturated heterocycles. The van der Waals surface area contributed by atoms with Gasteiger partial charge in [0.1, 0.15) is 0 Å². The highest BCUT2D eigenvalue weighted by Crippen LogP contribution is 2.11. The molecular weight excluding hydrogens is 190 g/mol. The number of hydrogen-bond donors (Lipinski definition) is 2. The smallest absolute Gasteiger partial charge is 0.239 e. The molecule has 84 valence electrons. The van der Waals surface area contributed by atoms with Crippen LogP contribution in [-0.2, 0) is 4.79 Å². The van der Waals surface area contributed by atoms with Gasteiger partial charge in [-0.25, -0.2) is 0 Å². The van der Waals surface area contributed by atoms with Crippen molar-refractivity contribution in [2.75, 3.05) is 20.6 Å². The molecule has 1 rings (SSSR count). The maximum atomic E-state index is 11.3. The Morgan fingerprint density at radius 2 is 2.33 bits per heavy atom. The van der Waals surface area contributed by atoms with Gasteiger partial charge in [-0.2, -0.15) is 0 Å². The van der Waals surface area contributed by atoms with Crippen LogP contribution in [0.3, 0.4) is 0 Å². The summed E-state index contributed by atoms with van der Waals surface area (Å²) in [7, 11) is 3.54. The molecule has 1 atom stereocenters. The van der Waals surface area contributed by atoms with E-state index in [-0.39, 0.29) is 5.91 Å². The highest BCUT2D eigenvalue weighted by Gasteiger charge is 2.14. The van der Waals surface area contributed by atoms with Gasteiger partial charge in [0.05, 0.1) is 6.54 Å². The minimum atomic E-state index is 0.0375. The van der Waals surface area contributed by atoms with E-state index in [4.69, 9.17) is 0 Å². The number of likely N-dealkylation sites (N-methyl/N-ethyl adjacent to an activating group) is 2. The molecule has 0 spiro atoms. The summed E-state index contributed by atoms with van der Waals surface area (Å²) in [6.07, 6.45) is 7.11. The number of carbonyl (C=O) groups is 1. The first kappa shape index (κ1) is 11.6. The Labute approximate surface area is 91.0 Å². The third-order valence-electron chi connectivity index (χ3n) is 2.54. The minimum Gasteiger partial charge on any atom is -0.387 e. The lowest BCUT2D eigenvalue weighted by molar-refractivity contribution is -0.121. The van der Waals surface area contributed by atoms with Crippen LogP contribution in [-0.4, -0.2) is 37.5 Å². The lowest BCUT2D eigenvalue weighted by Crippen LogP contribution is -2.37. The van der Waals surface area contributed by atoms with E-state index >= 15 is 0 Å². The lowest BCUT2D eigenvalue weighted by Gasteiger charge is -2.25. The zero-order valence-corrected chi connectivity index (χ0v) is 9.58. The standard InChI is InChI=1S/C11H19N3O/c1-9-5-4-6-10(12-2)7-14(9)8-11(15)13-3/h4,6-7,9,12H,5,8H2,1-3H3,(H,13,15). The number of hydrogen-bond acceptors (Lipinski definition) is 3. The second-order valence-electron chi connectivity index (χ2n) is 3.67. The highest BCUT2D eigenvalue weighted by molar-refractivity contribution is 5.77. The molecule has 4 nitrogen and oxygen atoms in total. The molecule has 4 heteroatoms. The maximum absolute atomic E-state index is 11.3. The number of amides is 1. The molecule has 0 radical (unpaired) electrons. The molecule has 1 aliphatic heterocycles. The Bertz CT molecular complexity index is 284. The molecular formula is C11H19N3O. The van der Waals surface area contributed by atoms with Crippen molar-refractivity contribution in [2.45, 2.75) is 19.4 Å². The Kier molecular flexibility index (Phi) is 4.21. The number of carbonyl (C=O) groups excluding carboxylic acids is 1. The van der Waals surface area contributed by atoms with Gasteiger partial charge in [0.25, 0.3) is 0 Å². The summed E-state index contributed by atoms with van der Waals surface area (Å²) in [6, 6.07) is 0.351. The van der Waals surface area contributed by atoms with E-state index in [9.17, 15) is 4.79 Å². The molecule has 0 saturated carbocycles. The summed E-state index contributed by atoms with van der Waals surface area (Å²) >= 11 is 0. The molecule has 2 N–H and O–H groups in total. The monoisotopic (exact) mass is 209 g/mol. The van der Waals surface area contributed by atoms with Gasteiger partial charge < -0.3 is 15.5 Å². The van der Waals surface area contributed by atoms with E-state index in [1.807, 2.05) is 24.2 Å². The average Bonchev–Trinajstić information content (AvgIpc) is 2.41. The second kappa shape index (κ2) is 5.44. The van der Waals surface area contributed by atoms with Crippen molar-refractivity contribution in [2.24, 2.45) is 0 Å². The van der Waals surface area contributed by atoms with Crippen LogP contribution in [0.25, 0.3) is 0 Å². The second-order valence-corrected chi connectivity index (χ2v) is 3.67. The van der Waals surface area contributed by atoms with Crippen LogP contribution >= 0.6 is 0 Å². The van der Waals surface area contributed by atoms with Crippen LogP contribution in [0, 0.1) is 0 Å². The first-order valence-corrected chi connectivity index (χ1v) is 5.19. The molecule has 15 heavy (non-hydrogen) atoms.